The highest BCUT2D eigenvalue weighted by Gasteiger charge is 2.31. The number of methoxy groups -OCH3 is 1. The van der Waals surface area contributed by atoms with Crippen LogP contribution in [-0.4, -0.2) is 67.5 Å². The van der Waals surface area contributed by atoms with Gasteiger partial charge in [0.1, 0.15) is 11.6 Å². The van der Waals surface area contributed by atoms with Gasteiger partial charge < -0.3 is 24.6 Å². The summed E-state index contributed by atoms with van der Waals surface area (Å²) < 4.78 is 11.0. The Morgan fingerprint density at radius 2 is 2.12 bits per heavy atom. The number of amides is 2. The normalized spacial score (nSPS) is 23.2. The van der Waals surface area contributed by atoms with Gasteiger partial charge in [0, 0.05) is 51.1 Å². The topological polar surface area (TPSA) is 66.9 Å². The number of anilines is 1. The molecule has 1 atom stereocenters. The maximum atomic E-state index is 12.5. The standard InChI is InChI=1S/C18H28N4O3/c1-18(2)13-14(5-11-25-18)20-17(23)22-9-7-21(8-10-22)16-12-15(24-3)4-6-19-16/h4,6,12,14H,5,7-11,13H2,1-3H3,(H,20,23). The Labute approximate surface area is 149 Å². The van der Waals surface area contributed by atoms with Crippen LogP contribution in [0.2, 0.25) is 0 Å². The average molecular weight is 348 g/mol. The third kappa shape index (κ3) is 4.54. The second-order valence-electron chi connectivity index (χ2n) is 7.28. The van der Waals surface area contributed by atoms with Gasteiger partial charge in [0.05, 0.1) is 12.7 Å². The molecule has 2 fully saturated rings. The van der Waals surface area contributed by atoms with Crippen molar-refractivity contribution in [3.05, 3.63) is 18.3 Å². The maximum Gasteiger partial charge on any atom is 0.317 e. The van der Waals surface area contributed by atoms with Gasteiger partial charge in [0.2, 0.25) is 0 Å². The maximum absolute atomic E-state index is 12.5. The summed E-state index contributed by atoms with van der Waals surface area (Å²) in [7, 11) is 1.65. The molecule has 1 N–H and O–H groups in total. The number of nitrogens with one attached hydrogen (secondary N) is 1. The molecule has 7 nitrogen and oxygen atoms in total. The van der Waals surface area contributed by atoms with E-state index in [0.717, 1.165) is 37.5 Å². The molecule has 138 valence electrons. The van der Waals surface area contributed by atoms with Crippen LogP contribution in [0.15, 0.2) is 18.3 Å². The average Bonchev–Trinajstić information content (AvgIpc) is 2.61. The summed E-state index contributed by atoms with van der Waals surface area (Å²) in [5.74, 6) is 1.69. The molecule has 3 rings (SSSR count). The largest absolute Gasteiger partial charge is 0.497 e. The molecule has 3 heterocycles. The lowest BCUT2D eigenvalue weighted by Crippen LogP contribution is -2.55. The number of hydrogen-bond acceptors (Lipinski definition) is 5. The number of urea groups is 1. The van der Waals surface area contributed by atoms with Crippen molar-refractivity contribution < 1.29 is 14.3 Å². The van der Waals surface area contributed by atoms with E-state index in [4.69, 9.17) is 9.47 Å². The summed E-state index contributed by atoms with van der Waals surface area (Å²) in [6.07, 6.45) is 3.48. The number of ether oxygens (including phenoxy) is 2. The lowest BCUT2D eigenvalue weighted by atomic mass is 9.94. The number of nitrogens with zero attached hydrogens (tertiary/aromatic N) is 3. The van der Waals surface area contributed by atoms with Crippen LogP contribution in [0.4, 0.5) is 10.6 Å². The molecule has 2 saturated heterocycles. The first-order valence-electron chi connectivity index (χ1n) is 8.91. The van der Waals surface area contributed by atoms with Crippen LogP contribution in [0.3, 0.4) is 0 Å². The van der Waals surface area contributed by atoms with Gasteiger partial charge in [-0.25, -0.2) is 9.78 Å². The van der Waals surface area contributed by atoms with Crippen LogP contribution in [0, 0.1) is 0 Å². The van der Waals surface area contributed by atoms with Crippen LogP contribution in [0.5, 0.6) is 5.75 Å². The molecule has 7 heteroatoms. The fourth-order valence-electron chi connectivity index (χ4n) is 3.46. The molecule has 2 aliphatic heterocycles. The van der Waals surface area contributed by atoms with Crippen LogP contribution in [0.25, 0.3) is 0 Å². The van der Waals surface area contributed by atoms with Gasteiger partial charge in [-0.2, -0.15) is 0 Å². The number of aromatic nitrogens is 1. The minimum absolute atomic E-state index is 0.0287. The Balaban J connectivity index is 1.50. The minimum Gasteiger partial charge on any atom is -0.497 e. The summed E-state index contributed by atoms with van der Waals surface area (Å²) in [4.78, 5) is 21.0. The molecule has 2 aliphatic rings. The Hall–Kier alpha value is -2.02. The second kappa shape index (κ2) is 7.47. The molecule has 0 saturated carbocycles. The van der Waals surface area contributed by atoms with Crippen molar-refractivity contribution in [2.75, 3.05) is 44.8 Å². The molecule has 0 radical (unpaired) electrons. The van der Waals surface area contributed by atoms with Crippen LogP contribution in [-0.2, 0) is 4.74 Å². The smallest absolute Gasteiger partial charge is 0.317 e. The molecule has 1 unspecified atom stereocenters. The van der Waals surface area contributed by atoms with Crippen molar-refractivity contribution in [3.63, 3.8) is 0 Å². The molecule has 1 aromatic rings. The van der Waals surface area contributed by atoms with E-state index in [1.54, 1.807) is 13.3 Å². The van der Waals surface area contributed by atoms with Crippen molar-refractivity contribution in [2.45, 2.75) is 38.3 Å². The van der Waals surface area contributed by atoms with E-state index >= 15 is 0 Å². The summed E-state index contributed by atoms with van der Waals surface area (Å²) in [5.41, 5.74) is -0.160. The predicted octanol–water partition coefficient (Wildman–Crippen LogP) is 1.88. The zero-order chi connectivity index (χ0) is 17.9. The molecule has 0 aliphatic carbocycles. The number of rotatable bonds is 3. The molecule has 0 aromatic carbocycles. The minimum atomic E-state index is -0.160. The summed E-state index contributed by atoms with van der Waals surface area (Å²) in [6.45, 7) is 7.78. The quantitative estimate of drug-likeness (QED) is 0.903. The number of piperazine rings is 1. The van der Waals surface area contributed by atoms with Gasteiger partial charge in [-0.3, -0.25) is 0 Å². The Morgan fingerprint density at radius 1 is 1.36 bits per heavy atom. The van der Waals surface area contributed by atoms with Gasteiger partial charge in [-0.1, -0.05) is 0 Å². The molecular formula is C18H28N4O3. The van der Waals surface area contributed by atoms with Crippen molar-refractivity contribution in [1.82, 2.24) is 15.2 Å². The van der Waals surface area contributed by atoms with Gasteiger partial charge in [-0.15, -0.1) is 0 Å². The molecule has 0 spiro atoms. The van der Waals surface area contributed by atoms with Crippen molar-refractivity contribution in [2.24, 2.45) is 0 Å². The first kappa shape index (κ1) is 17.8. The van der Waals surface area contributed by atoms with E-state index in [0.29, 0.717) is 19.7 Å². The monoisotopic (exact) mass is 348 g/mol. The number of pyridine rings is 1. The van der Waals surface area contributed by atoms with Crippen LogP contribution in [0.1, 0.15) is 26.7 Å². The van der Waals surface area contributed by atoms with E-state index in [9.17, 15) is 4.79 Å². The highest BCUT2D eigenvalue weighted by atomic mass is 16.5. The van der Waals surface area contributed by atoms with E-state index < -0.39 is 0 Å². The highest BCUT2D eigenvalue weighted by Crippen LogP contribution is 2.24. The van der Waals surface area contributed by atoms with Crippen LogP contribution < -0.4 is 15.0 Å². The van der Waals surface area contributed by atoms with Crippen molar-refractivity contribution in [1.29, 1.82) is 0 Å². The van der Waals surface area contributed by atoms with E-state index in [2.05, 4.69) is 29.0 Å². The van der Waals surface area contributed by atoms with Gasteiger partial charge in [0.25, 0.3) is 0 Å². The third-order valence-electron chi connectivity index (χ3n) is 4.87. The van der Waals surface area contributed by atoms with Gasteiger partial charge in [0.15, 0.2) is 0 Å². The van der Waals surface area contributed by atoms with Gasteiger partial charge >= 0.3 is 6.03 Å². The fraction of sp³-hybridized carbons (Fsp3) is 0.667. The molecule has 25 heavy (non-hydrogen) atoms. The predicted molar refractivity (Wildman–Crippen MR) is 96.2 cm³/mol. The zero-order valence-corrected chi connectivity index (χ0v) is 15.3. The SMILES string of the molecule is COc1ccnc(N2CCN(C(=O)NC3CCOC(C)(C)C3)CC2)c1. The Bertz CT molecular complexity index is 600. The highest BCUT2D eigenvalue weighted by molar-refractivity contribution is 5.75. The first-order chi connectivity index (χ1) is 12.0. The zero-order valence-electron chi connectivity index (χ0n) is 15.3. The van der Waals surface area contributed by atoms with Gasteiger partial charge in [-0.05, 0) is 32.8 Å². The Kier molecular flexibility index (Phi) is 5.32. The Morgan fingerprint density at radius 3 is 2.80 bits per heavy atom. The third-order valence-corrected chi connectivity index (χ3v) is 4.87. The summed E-state index contributed by atoms with van der Waals surface area (Å²) >= 11 is 0. The lowest BCUT2D eigenvalue weighted by Gasteiger charge is -2.39. The number of hydrogen-bond donors (Lipinski definition) is 1. The first-order valence-corrected chi connectivity index (χ1v) is 8.91. The molecular weight excluding hydrogens is 320 g/mol. The van der Waals surface area contributed by atoms with Crippen molar-refractivity contribution in [3.8, 4) is 5.75 Å². The molecule has 0 bridgehead atoms. The fourth-order valence-corrected chi connectivity index (χ4v) is 3.46. The number of carbonyl (C=O) groups is 1. The second-order valence-corrected chi connectivity index (χ2v) is 7.28. The van der Waals surface area contributed by atoms with Crippen molar-refractivity contribution >= 4 is 11.8 Å². The lowest BCUT2D eigenvalue weighted by molar-refractivity contribution is -0.0615. The molecule has 1 aromatic heterocycles. The van der Waals surface area contributed by atoms with E-state index in [-0.39, 0.29) is 17.7 Å². The van der Waals surface area contributed by atoms with E-state index in [1.807, 2.05) is 17.0 Å². The van der Waals surface area contributed by atoms with E-state index in [1.165, 1.54) is 0 Å². The number of carbonyl (C=O) groups excluding carboxylic acids is 1. The van der Waals surface area contributed by atoms with Crippen LogP contribution >= 0.6 is 0 Å². The summed E-state index contributed by atoms with van der Waals surface area (Å²) in [5, 5.41) is 3.17. The molecule has 2 amide bonds. The summed E-state index contributed by atoms with van der Waals surface area (Å²) in [6, 6.07) is 3.98.